The van der Waals surface area contributed by atoms with Crippen molar-refractivity contribution in [3.63, 3.8) is 0 Å². The van der Waals surface area contributed by atoms with Gasteiger partial charge in [-0.2, -0.15) is 0 Å². The second-order valence-electron chi connectivity index (χ2n) is 6.94. The maximum atomic E-state index is 11.7. The van der Waals surface area contributed by atoms with Gasteiger partial charge in [-0.05, 0) is 48.2 Å². The molecule has 30 heavy (non-hydrogen) atoms. The van der Waals surface area contributed by atoms with Crippen LogP contribution in [0.4, 0.5) is 0 Å². The summed E-state index contributed by atoms with van der Waals surface area (Å²) in [5, 5.41) is 19.2. The first-order chi connectivity index (χ1) is 14.5. The number of carbonyl (C=O) groups is 2. The van der Waals surface area contributed by atoms with E-state index in [1.54, 1.807) is 36.4 Å². The Morgan fingerprint density at radius 1 is 0.733 bits per heavy atom. The Balaban J connectivity index is 2.42. The summed E-state index contributed by atoms with van der Waals surface area (Å²) in [6.45, 7) is 4.15. The molecule has 0 aliphatic heterocycles. The lowest BCUT2D eigenvalue weighted by molar-refractivity contribution is 0.0685. The summed E-state index contributed by atoms with van der Waals surface area (Å²) in [4.78, 5) is 23.4. The van der Waals surface area contributed by atoms with Crippen molar-refractivity contribution < 1.29 is 19.8 Å². The van der Waals surface area contributed by atoms with E-state index in [1.807, 2.05) is 0 Å². The van der Waals surface area contributed by atoms with Crippen LogP contribution in [-0.4, -0.2) is 22.2 Å². The van der Waals surface area contributed by atoms with Gasteiger partial charge in [0.15, 0.2) is 0 Å². The molecule has 0 saturated carbocycles. The topological polar surface area (TPSA) is 74.6 Å². The van der Waals surface area contributed by atoms with Gasteiger partial charge in [0.1, 0.15) is 0 Å². The number of hydrogen-bond acceptors (Lipinski definition) is 2. The van der Waals surface area contributed by atoms with E-state index in [0.29, 0.717) is 22.3 Å². The van der Waals surface area contributed by atoms with Gasteiger partial charge in [-0.3, -0.25) is 0 Å². The Labute approximate surface area is 178 Å². The molecular weight excluding hydrogens is 376 g/mol. The van der Waals surface area contributed by atoms with Crippen LogP contribution in [0.25, 0.3) is 11.1 Å². The summed E-state index contributed by atoms with van der Waals surface area (Å²) in [6.07, 6.45) is 5.45. The van der Waals surface area contributed by atoms with E-state index in [1.165, 1.54) is 0 Å². The average Bonchev–Trinajstić information content (AvgIpc) is 2.74. The Morgan fingerprint density at radius 2 is 1.13 bits per heavy atom. The van der Waals surface area contributed by atoms with Crippen molar-refractivity contribution in [2.75, 3.05) is 0 Å². The third kappa shape index (κ3) is 6.26. The third-order valence-electron chi connectivity index (χ3n) is 4.59. The largest absolute Gasteiger partial charge is 0.478 e. The molecule has 0 radical (unpaired) electrons. The molecule has 4 heteroatoms. The van der Waals surface area contributed by atoms with E-state index >= 15 is 0 Å². The van der Waals surface area contributed by atoms with Crippen molar-refractivity contribution in [3.05, 3.63) is 58.7 Å². The molecule has 2 aromatic rings. The van der Waals surface area contributed by atoms with Crippen molar-refractivity contribution in [2.45, 2.75) is 52.4 Å². The normalized spacial score (nSPS) is 9.80. The van der Waals surface area contributed by atoms with E-state index in [9.17, 15) is 19.8 Å². The molecule has 0 bridgehead atoms. The third-order valence-corrected chi connectivity index (χ3v) is 4.59. The quantitative estimate of drug-likeness (QED) is 0.451. The first-order valence-electron chi connectivity index (χ1n) is 10.2. The van der Waals surface area contributed by atoms with Crippen LogP contribution >= 0.6 is 0 Å². The maximum Gasteiger partial charge on any atom is 0.336 e. The van der Waals surface area contributed by atoms with Crippen LogP contribution in [0.2, 0.25) is 0 Å². The van der Waals surface area contributed by atoms with Crippen LogP contribution in [0.5, 0.6) is 0 Å². The lowest BCUT2D eigenvalue weighted by Crippen LogP contribution is -2.02. The maximum absolute atomic E-state index is 11.7. The molecule has 0 unspecified atom stereocenters. The monoisotopic (exact) mass is 402 g/mol. The predicted molar refractivity (Wildman–Crippen MR) is 119 cm³/mol. The van der Waals surface area contributed by atoms with Gasteiger partial charge in [0, 0.05) is 24.0 Å². The zero-order valence-corrected chi connectivity index (χ0v) is 17.4. The molecule has 0 saturated heterocycles. The standard InChI is InChI=1S/C26H26O4/c1-3-5-7-9-11-19-13-15-21(17-23(19)25(27)28)22-16-14-20(12-10-8-6-4-2)24(18-22)26(29)30/h13-18H,3-8H2,1-2H3,(H,27,28)(H,29,30). The van der Waals surface area contributed by atoms with E-state index < -0.39 is 11.9 Å². The highest BCUT2D eigenvalue weighted by Crippen LogP contribution is 2.25. The molecule has 2 rings (SSSR count). The van der Waals surface area contributed by atoms with Gasteiger partial charge in [0.05, 0.1) is 11.1 Å². The van der Waals surface area contributed by atoms with Crippen molar-refractivity contribution in [3.8, 4) is 34.8 Å². The number of hydrogen-bond donors (Lipinski definition) is 2. The summed E-state index contributed by atoms with van der Waals surface area (Å²) < 4.78 is 0. The van der Waals surface area contributed by atoms with Gasteiger partial charge in [0.25, 0.3) is 0 Å². The molecule has 0 spiro atoms. The van der Waals surface area contributed by atoms with E-state index in [4.69, 9.17) is 0 Å². The van der Waals surface area contributed by atoms with Crippen molar-refractivity contribution in [1.29, 1.82) is 0 Å². The fourth-order valence-corrected chi connectivity index (χ4v) is 2.87. The van der Waals surface area contributed by atoms with Gasteiger partial charge in [-0.15, -0.1) is 0 Å². The molecule has 154 valence electrons. The zero-order chi connectivity index (χ0) is 21.9. The van der Waals surface area contributed by atoms with E-state index in [-0.39, 0.29) is 11.1 Å². The highest BCUT2D eigenvalue weighted by atomic mass is 16.4. The van der Waals surface area contributed by atoms with E-state index in [2.05, 4.69) is 37.5 Å². The molecule has 2 aromatic carbocycles. The summed E-state index contributed by atoms with van der Waals surface area (Å²) in [5.74, 6) is 9.77. The van der Waals surface area contributed by atoms with Crippen LogP contribution in [-0.2, 0) is 0 Å². The fourth-order valence-electron chi connectivity index (χ4n) is 2.87. The second kappa shape index (κ2) is 11.5. The summed E-state index contributed by atoms with van der Waals surface area (Å²) in [5.41, 5.74) is 2.38. The molecule has 0 heterocycles. The Bertz CT molecular complexity index is 957. The van der Waals surface area contributed by atoms with Crippen LogP contribution in [0.3, 0.4) is 0 Å². The highest BCUT2D eigenvalue weighted by molar-refractivity contribution is 5.94. The smallest absolute Gasteiger partial charge is 0.336 e. The predicted octanol–water partition coefficient (Wildman–Crippen LogP) is 5.83. The van der Waals surface area contributed by atoms with Crippen molar-refractivity contribution in [1.82, 2.24) is 0 Å². The van der Waals surface area contributed by atoms with Gasteiger partial charge in [-0.1, -0.05) is 62.5 Å². The van der Waals surface area contributed by atoms with Gasteiger partial charge >= 0.3 is 11.9 Å². The fraction of sp³-hybridized carbons (Fsp3) is 0.308. The Kier molecular flexibility index (Phi) is 8.73. The summed E-state index contributed by atoms with van der Waals surface area (Å²) >= 11 is 0. The molecule has 0 aliphatic rings. The highest BCUT2D eigenvalue weighted by Gasteiger charge is 2.14. The number of rotatable bonds is 7. The average molecular weight is 402 g/mol. The van der Waals surface area contributed by atoms with Gasteiger partial charge in [-0.25, -0.2) is 9.59 Å². The van der Waals surface area contributed by atoms with Crippen LogP contribution < -0.4 is 0 Å². The number of carboxylic acids is 2. The lowest BCUT2D eigenvalue weighted by atomic mass is 9.96. The summed E-state index contributed by atoms with van der Waals surface area (Å²) in [6, 6.07) is 9.97. The van der Waals surface area contributed by atoms with Crippen LogP contribution in [0.15, 0.2) is 36.4 Å². The van der Waals surface area contributed by atoms with Crippen LogP contribution in [0.1, 0.15) is 84.2 Å². The molecule has 0 amide bonds. The first-order valence-corrected chi connectivity index (χ1v) is 10.2. The number of carboxylic acid groups (broad SMARTS) is 2. The second-order valence-corrected chi connectivity index (χ2v) is 6.94. The first kappa shape index (κ1) is 22.8. The minimum absolute atomic E-state index is 0.108. The lowest BCUT2D eigenvalue weighted by Gasteiger charge is -2.08. The Hall–Kier alpha value is -3.50. The van der Waals surface area contributed by atoms with E-state index in [0.717, 1.165) is 38.5 Å². The molecule has 0 aliphatic carbocycles. The summed E-state index contributed by atoms with van der Waals surface area (Å²) in [7, 11) is 0. The number of benzene rings is 2. The number of aromatic carboxylic acids is 2. The SMILES string of the molecule is CCCCC#Cc1ccc(-c2ccc(C#CCCCC)c(C(=O)O)c2)cc1C(=O)O. The van der Waals surface area contributed by atoms with Gasteiger partial charge < -0.3 is 10.2 Å². The number of unbranched alkanes of at least 4 members (excludes halogenated alkanes) is 4. The minimum Gasteiger partial charge on any atom is -0.478 e. The molecule has 2 N–H and O–H groups in total. The Morgan fingerprint density at radius 3 is 1.47 bits per heavy atom. The zero-order valence-electron chi connectivity index (χ0n) is 17.4. The molecular formula is C26H26O4. The molecule has 4 nitrogen and oxygen atoms in total. The van der Waals surface area contributed by atoms with Crippen molar-refractivity contribution in [2.24, 2.45) is 0 Å². The van der Waals surface area contributed by atoms with Gasteiger partial charge in [0.2, 0.25) is 0 Å². The molecule has 0 atom stereocenters. The van der Waals surface area contributed by atoms with Crippen molar-refractivity contribution >= 4 is 11.9 Å². The van der Waals surface area contributed by atoms with Crippen LogP contribution in [0, 0.1) is 23.7 Å². The molecule has 0 fully saturated rings. The minimum atomic E-state index is -1.06. The molecule has 0 aromatic heterocycles.